The molecule has 1 aromatic heterocycles. The molecule has 0 aliphatic carbocycles. The van der Waals surface area contributed by atoms with E-state index >= 15 is 0 Å². The van der Waals surface area contributed by atoms with Crippen molar-refractivity contribution in [1.29, 1.82) is 0 Å². The van der Waals surface area contributed by atoms with Crippen molar-refractivity contribution in [3.63, 3.8) is 0 Å². The van der Waals surface area contributed by atoms with E-state index in [0.29, 0.717) is 12.5 Å². The number of guanidine groups is 1. The molecule has 3 rings (SSSR count). The first kappa shape index (κ1) is 17.7. The Bertz CT molecular complexity index is 617. The number of hydrogen-bond acceptors (Lipinski definition) is 3. The van der Waals surface area contributed by atoms with Crippen molar-refractivity contribution in [2.75, 3.05) is 13.1 Å². The molecule has 2 aromatic rings. The van der Waals surface area contributed by atoms with Crippen LogP contribution in [0, 0.1) is 0 Å². The molecule has 1 fully saturated rings. The Hall–Kier alpha value is -1.64. The lowest BCUT2D eigenvalue weighted by molar-refractivity contribution is 0.428. The summed E-state index contributed by atoms with van der Waals surface area (Å²) in [4.78, 5) is 11.0. The number of nitrogens with two attached hydrogens (primary N) is 1. The quantitative estimate of drug-likeness (QED) is 0.465. The third-order valence-corrected chi connectivity index (χ3v) is 3.93. The fourth-order valence-electron chi connectivity index (χ4n) is 2.71. The number of halogens is 1. The van der Waals surface area contributed by atoms with Gasteiger partial charge in [0.1, 0.15) is 12.9 Å². The maximum absolute atomic E-state index is 6.14. The molecular weight excluding hydrogens is 403 g/mol. The van der Waals surface area contributed by atoms with Gasteiger partial charge in [0.2, 0.25) is 0 Å². The highest BCUT2D eigenvalue weighted by Gasteiger charge is 2.12. The largest absolute Gasteiger partial charge is 0.370 e. The zero-order valence-corrected chi connectivity index (χ0v) is 15.5. The van der Waals surface area contributed by atoms with Crippen LogP contribution in [0.25, 0.3) is 5.69 Å². The van der Waals surface area contributed by atoms with Crippen LogP contribution in [0.3, 0.4) is 0 Å². The van der Waals surface area contributed by atoms with Crippen LogP contribution in [-0.2, 0) is 6.54 Å². The summed E-state index contributed by atoms with van der Waals surface area (Å²) < 4.78 is 1.80. The van der Waals surface area contributed by atoms with E-state index in [1.165, 1.54) is 25.7 Å². The lowest BCUT2D eigenvalue weighted by Gasteiger charge is -2.21. The highest BCUT2D eigenvalue weighted by Crippen LogP contribution is 2.11. The van der Waals surface area contributed by atoms with E-state index in [4.69, 9.17) is 5.73 Å². The van der Waals surface area contributed by atoms with Gasteiger partial charge in [0, 0.05) is 13.1 Å². The van der Waals surface area contributed by atoms with E-state index < -0.39 is 0 Å². The van der Waals surface area contributed by atoms with E-state index in [2.05, 4.69) is 20.0 Å². The van der Waals surface area contributed by atoms with Crippen LogP contribution in [0.5, 0.6) is 0 Å². The summed E-state index contributed by atoms with van der Waals surface area (Å²) >= 11 is 0. The number of nitrogens with zero attached hydrogens (tertiary/aromatic N) is 5. The zero-order chi connectivity index (χ0) is 15.2. The van der Waals surface area contributed by atoms with E-state index in [9.17, 15) is 0 Å². The minimum Gasteiger partial charge on any atom is -0.370 e. The lowest BCUT2D eigenvalue weighted by atomic mass is 10.2. The van der Waals surface area contributed by atoms with Crippen LogP contribution < -0.4 is 5.73 Å². The minimum atomic E-state index is 0. The van der Waals surface area contributed by atoms with E-state index in [-0.39, 0.29) is 24.0 Å². The molecule has 0 radical (unpaired) electrons. The van der Waals surface area contributed by atoms with Gasteiger partial charge < -0.3 is 10.6 Å². The van der Waals surface area contributed by atoms with Gasteiger partial charge in [-0.15, -0.1) is 24.0 Å². The van der Waals surface area contributed by atoms with Gasteiger partial charge in [0.15, 0.2) is 11.8 Å². The van der Waals surface area contributed by atoms with Crippen LogP contribution in [0.4, 0.5) is 0 Å². The molecule has 0 saturated carbocycles. The predicted molar refractivity (Wildman–Crippen MR) is 102 cm³/mol. The first-order chi connectivity index (χ1) is 10.8. The number of likely N-dealkylation sites (tertiary alicyclic amines) is 1. The second kappa shape index (κ2) is 8.85. The highest BCUT2D eigenvalue weighted by molar-refractivity contribution is 14.0. The molecular formula is C16H23IN6. The second-order valence-corrected chi connectivity index (χ2v) is 5.50. The summed E-state index contributed by atoms with van der Waals surface area (Å²) in [6, 6.07) is 9.95. The molecule has 7 heteroatoms. The van der Waals surface area contributed by atoms with Crippen LogP contribution >= 0.6 is 24.0 Å². The summed E-state index contributed by atoms with van der Waals surface area (Å²) in [6.45, 7) is 2.44. The van der Waals surface area contributed by atoms with Crippen LogP contribution in [0.1, 0.15) is 31.5 Å². The van der Waals surface area contributed by atoms with E-state index in [1.54, 1.807) is 11.0 Å². The summed E-state index contributed by atoms with van der Waals surface area (Å²) in [6.07, 6.45) is 6.51. The molecule has 1 aromatic carbocycles. The van der Waals surface area contributed by atoms with Gasteiger partial charge in [0.25, 0.3) is 0 Å². The van der Waals surface area contributed by atoms with Crippen molar-refractivity contribution in [3.8, 4) is 5.69 Å². The number of aliphatic imine (C=N–C) groups is 1. The molecule has 0 bridgehead atoms. The van der Waals surface area contributed by atoms with Crippen LogP contribution in [0.15, 0.2) is 41.7 Å². The van der Waals surface area contributed by atoms with Crippen molar-refractivity contribution in [1.82, 2.24) is 19.7 Å². The summed E-state index contributed by atoms with van der Waals surface area (Å²) in [5.41, 5.74) is 7.13. The number of benzene rings is 1. The molecule has 2 heterocycles. The molecule has 1 aliphatic heterocycles. The maximum Gasteiger partial charge on any atom is 0.191 e. The Labute approximate surface area is 153 Å². The highest BCUT2D eigenvalue weighted by atomic mass is 127. The van der Waals surface area contributed by atoms with Gasteiger partial charge in [-0.05, 0) is 25.0 Å². The van der Waals surface area contributed by atoms with Gasteiger partial charge in [-0.3, -0.25) is 0 Å². The molecule has 0 spiro atoms. The van der Waals surface area contributed by atoms with Crippen LogP contribution in [-0.4, -0.2) is 38.7 Å². The van der Waals surface area contributed by atoms with Gasteiger partial charge in [-0.2, -0.15) is 5.10 Å². The molecule has 0 atom stereocenters. The van der Waals surface area contributed by atoms with Crippen molar-refractivity contribution < 1.29 is 0 Å². The van der Waals surface area contributed by atoms with Gasteiger partial charge >= 0.3 is 0 Å². The number of hydrogen-bond donors (Lipinski definition) is 1. The first-order valence-electron chi connectivity index (χ1n) is 7.84. The molecule has 1 aliphatic rings. The van der Waals surface area contributed by atoms with E-state index in [0.717, 1.165) is 24.6 Å². The van der Waals surface area contributed by atoms with Crippen molar-refractivity contribution in [3.05, 3.63) is 42.5 Å². The molecule has 2 N–H and O–H groups in total. The standard InChI is InChI=1S/C16H22N6.HI/c17-16(21-10-6-1-2-7-11-21)18-12-15-19-13-20-22(15)14-8-4-3-5-9-14;/h3-5,8-9,13H,1-2,6-7,10-12H2,(H2,17,18);1H. The van der Waals surface area contributed by atoms with Gasteiger partial charge in [0.05, 0.1) is 5.69 Å². The first-order valence-corrected chi connectivity index (χ1v) is 7.84. The number of rotatable bonds is 3. The Morgan fingerprint density at radius 1 is 1.09 bits per heavy atom. The Kier molecular flexibility index (Phi) is 6.82. The number of aromatic nitrogens is 3. The van der Waals surface area contributed by atoms with Crippen molar-refractivity contribution in [2.24, 2.45) is 10.7 Å². The topological polar surface area (TPSA) is 72.3 Å². The summed E-state index contributed by atoms with van der Waals surface area (Å²) in [5.74, 6) is 1.41. The van der Waals surface area contributed by atoms with Crippen molar-refractivity contribution >= 4 is 29.9 Å². The SMILES string of the molecule is I.NC(=NCc1ncnn1-c1ccccc1)N1CCCCCC1. The average Bonchev–Trinajstić information content (AvgIpc) is 2.86. The van der Waals surface area contributed by atoms with E-state index in [1.807, 2.05) is 30.3 Å². The third kappa shape index (κ3) is 4.66. The second-order valence-electron chi connectivity index (χ2n) is 5.50. The molecule has 0 amide bonds. The van der Waals surface area contributed by atoms with Gasteiger partial charge in [-0.25, -0.2) is 14.7 Å². The maximum atomic E-state index is 6.14. The normalized spacial score (nSPS) is 15.8. The Morgan fingerprint density at radius 3 is 2.48 bits per heavy atom. The van der Waals surface area contributed by atoms with Crippen molar-refractivity contribution in [2.45, 2.75) is 32.2 Å². The zero-order valence-electron chi connectivity index (χ0n) is 13.1. The molecule has 6 nitrogen and oxygen atoms in total. The van der Waals surface area contributed by atoms with Gasteiger partial charge in [-0.1, -0.05) is 31.0 Å². The predicted octanol–water partition coefficient (Wildman–Crippen LogP) is 2.58. The number of para-hydroxylation sites is 1. The Morgan fingerprint density at radius 2 is 1.78 bits per heavy atom. The molecule has 1 saturated heterocycles. The summed E-state index contributed by atoms with van der Waals surface area (Å²) in [5, 5.41) is 4.27. The monoisotopic (exact) mass is 426 g/mol. The minimum absolute atomic E-state index is 0. The summed E-state index contributed by atoms with van der Waals surface area (Å²) in [7, 11) is 0. The smallest absolute Gasteiger partial charge is 0.191 e. The molecule has 124 valence electrons. The fraction of sp³-hybridized carbons (Fsp3) is 0.438. The van der Waals surface area contributed by atoms with Crippen LogP contribution in [0.2, 0.25) is 0 Å². The molecule has 23 heavy (non-hydrogen) atoms. The average molecular weight is 426 g/mol. The molecule has 0 unspecified atom stereocenters. The Balaban J connectivity index is 0.00000192. The third-order valence-electron chi connectivity index (χ3n) is 3.93. The lowest BCUT2D eigenvalue weighted by Crippen LogP contribution is -2.38. The fourth-order valence-corrected chi connectivity index (χ4v) is 2.71.